The lowest BCUT2D eigenvalue weighted by Gasteiger charge is -2.12. The highest BCUT2D eigenvalue weighted by Gasteiger charge is 2.21. The number of ether oxygens (including phenoxy) is 1. The number of anilines is 1. The zero-order valence-corrected chi connectivity index (χ0v) is 11.4. The molecule has 100 valence electrons. The molecular weight excluding hydrogens is 236 g/mol. The Morgan fingerprint density at radius 1 is 1.32 bits per heavy atom. The number of nitrogens with one attached hydrogen (secondary N) is 1. The molecule has 3 nitrogen and oxygen atoms in total. The molecule has 0 spiro atoms. The van der Waals surface area contributed by atoms with Gasteiger partial charge in [-0.2, -0.15) is 0 Å². The summed E-state index contributed by atoms with van der Waals surface area (Å²) in [6, 6.07) is 10.4. The number of benzene rings is 1. The Kier molecular flexibility index (Phi) is 3.65. The standard InChI is InChI=1S/C16H20N2O/c1-2-17-16-14(11-19-10-12-7-8-12)9-13-5-3-4-6-15(13)18-16/h3-6,9,12H,2,7-8,10-11H2,1H3,(H,17,18). The Hall–Kier alpha value is -1.61. The molecule has 1 heterocycles. The highest BCUT2D eigenvalue weighted by Crippen LogP contribution is 2.29. The minimum Gasteiger partial charge on any atom is -0.376 e. The molecule has 0 aliphatic heterocycles. The van der Waals surface area contributed by atoms with Crippen LogP contribution in [-0.2, 0) is 11.3 Å². The van der Waals surface area contributed by atoms with Crippen molar-refractivity contribution < 1.29 is 4.74 Å². The minimum atomic E-state index is 0.649. The zero-order chi connectivity index (χ0) is 13.1. The quantitative estimate of drug-likeness (QED) is 0.857. The SMILES string of the molecule is CCNc1nc2ccccc2cc1COCC1CC1. The van der Waals surface area contributed by atoms with Crippen molar-refractivity contribution in [3.05, 3.63) is 35.9 Å². The summed E-state index contributed by atoms with van der Waals surface area (Å²) in [4.78, 5) is 4.69. The zero-order valence-electron chi connectivity index (χ0n) is 11.4. The second kappa shape index (κ2) is 5.57. The van der Waals surface area contributed by atoms with Gasteiger partial charge < -0.3 is 10.1 Å². The summed E-state index contributed by atoms with van der Waals surface area (Å²) in [6.45, 7) is 4.50. The number of pyridine rings is 1. The van der Waals surface area contributed by atoms with E-state index >= 15 is 0 Å². The van der Waals surface area contributed by atoms with Crippen molar-refractivity contribution >= 4 is 16.7 Å². The second-order valence-corrected chi connectivity index (χ2v) is 5.18. The summed E-state index contributed by atoms with van der Waals surface area (Å²) in [6.07, 6.45) is 2.66. The number of fused-ring (bicyclic) bond motifs is 1. The first-order valence-corrected chi connectivity index (χ1v) is 7.07. The third-order valence-electron chi connectivity index (χ3n) is 3.46. The van der Waals surface area contributed by atoms with E-state index in [-0.39, 0.29) is 0 Å². The van der Waals surface area contributed by atoms with Gasteiger partial charge in [-0.3, -0.25) is 0 Å². The largest absolute Gasteiger partial charge is 0.376 e. The number of hydrogen-bond donors (Lipinski definition) is 1. The van der Waals surface area contributed by atoms with Crippen molar-refractivity contribution in [2.75, 3.05) is 18.5 Å². The van der Waals surface area contributed by atoms with Gasteiger partial charge in [0.15, 0.2) is 0 Å². The van der Waals surface area contributed by atoms with Gasteiger partial charge >= 0.3 is 0 Å². The van der Waals surface area contributed by atoms with Crippen LogP contribution in [0.1, 0.15) is 25.3 Å². The van der Waals surface area contributed by atoms with Gasteiger partial charge in [-0.1, -0.05) is 18.2 Å². The maximum absolute atomic E-state index is 5.80. The van der Waals surface area contributed by atoms with Crippen LogP contribution in [0.4, 0.5) is 5.82 Å². The molecule has 0 radical (unpaired) electrons. The lowest BCUT2D eigenvalue weighted by atomic mass is 10.1. The summed E-state index contributed by atoms with van der Waals surface area (Å²) in [7, 11) is 0. The number of aromatic nitrogens is 1. The van der Waals surface area contributed by atoms with E-state index in [1.807, 2.05) is 18.2 Å². The number of rotatable bonds is 6. The molecule has 1 aliphatic carbocycles. The van der Waals surface area contributed by atoms with Gasteiger partial charge in [-0.05, 0) is 37.8 Å². The second-order valence-electron chi connectivity index (χ2n) is 5.18. The average molecular weight is 256 g/mol. The molecule has 0 amide bonds. The van der Waals surface area contributed by atoms with Gasteiger partial charge in [0.05, 0.1) is 12.1 Å². The van der Waals surface area contributed by atoms with Crippen LogP contribution in [0.25, 0.3) is 10.9 Å². The molecule has 1 aromatic heterocycles. The lowest BCUT2D eigenvalue weighted by molar-refractivity contribution is 0.111. The normalized spacial score (nSPS) is 14.8. The third kappa shape index (κ3) is 3.04. The van der Waals surface area contributed by atoms with Crippen molar-refractivity contribution in [1.29, 1.82) is 0 Å². The van der Waals surface area contributed by atoms with Crippen LogP contribution in [0.2, 0.25) is 0 Å². The van der Waals surface area contributed by atoms with Gasteiger partial charge in [-0.25, -0.2) is 4.98 Å². The Morgan fingerprint density at radius 3 is 2.95 bits per heavy atom. The van der Waals surface area contributed by atoms with Crippen LogP contribution in [-0.4, -0.2) is 18.1 Å². The molecule has 1 aliphatic rings. The van der Waals surface area contributed by atoms with Crippen LogP contribution in [0.15, 0.2) is 30.3 Å². The molecule has 0 saturated heterocycles. The molecule has 1 N–H and O–H groups in total. The summed E-state index contributed by atoms with van der Waals surface area (Å²) < 4.78 is 5.80. The summed E-state index contributed by atoms with van der Waals surface area (Å²) in [5, 5.41) is 4.51. The van der Waals surface area contributed by atoms with E-state index in [9.17, 15) is 0 Å². The molecule has 1 fully saturated rings. The van der Waals surface area contributed by atoms with Gasteiger partial charge in [0, 0.05) is 24.1 Å². The third-order valence-corrected chi connectivity index (χ3v) is 3.46. The molecule has 0 atom stereocenters. The van der Waals surface area contributed by atoms with Crippen molar-refractivity contribution in [1.82, 2.24) is 4.98 Å². The van der Waals surface area contributed by atoms with Crippen LogP contribution in [0.5, 0.6) is 0 Å². The predicted octanol–water partition coefficient (Wildman–Crippen LogP) is 3.59. The topological polar surface area (TPSA) is 34.2 Å². The van der Waals surface area contributed by atoms with Gasteiger partial charge in [0.25, 0.3) is 0 Å². The van der Waals surface area contributed by atoms with Crippen LogP contribution < -0.4 is 5.32 Å². The highest BCUT2D eigenvalue weighted by molar-refractivity contribution is 5.81. The van der Waals surface area contributed by atoms with Gasteiger partial charge in [-0.15, -0.1) is 0 Å². The maximum atomic E-state index is 5.80. The molecule has 3 rings (SSSR count). The number of nitrogens with zero attached hydrogens (tertiary/aromatic N) is 1. The number of para-hydroxylation sites is 1. The first kappa shape index (κ1) is 12.4. The first-order chi connectivity index (χ1) is 9.36. The average Bonchev–Trinajstić information content (AvgIpc) is 3.24. The Balaban J connectivity index is 1.82. The molecule has 2 aromatic rings. The van der Waals surface area contributed by atoms with Crippen molar-refractivity contribution in [3.63, 3.8) is 0 Å². The molecule has 0 bridgehead atoms. The van der Waals surface area contributed by atoms with Gasteiger partial charge in [0.2, 0.25) is 0 Å². The van der Waals surface area contributed by atoms with Crippen LogP contribution in [0.3, 0.4) is 0 Å². The fraction of sp³-hybridized carbons (Fsp3) is 0.438. The van der Waals surface area contributed by atoms with Crippen molar-refractivity contribution in [2.45, 2.75) is 26.4 Å². The molecule has 1 aromatic carbocycles. The van der Waals surface area contributed by atoms with E-state index in [2.05, 4.69) is 29.4 Å². The fourth-order valence-electron chi connectivity index (χ4n) is 2.21. The minimum absolute atomic E-state index is 0.649. The van der Waals surface area contributed by atoms with Crippen LogP contribution >= 0.6 is 0 Å². The number of hydrogen-bond acceptors (Lipinski definition) is 3. The fourth-order valence-corrected chi connectivity index (χ4v) is 2.21. The van der Waals surface area contributed by atoms with E-state index in [0.29, 0.717) is 6.61 Å². The highest BCUT2D eigenvalue weighted by atomic mass is 16.5. The van der Waals surface area contributed by atoms with Crippen LogP contribution in [0, 0.1) is 5.92 Å². The van der Waals surface area contributed by atoms with E-state index in [4.69, 9.17) is 4.74 Å². The summed E-state index contributed by atoms with van der Waals surface area (Å²) in [5.74, 6) is 1.76. The monoisotopic (exact) mass is 256 g/mol. The Bertz CT molecular complexity index is 564. The Labute approximate surface area is 114 Å². The van der Waals surface area contributed by atoms with Crippen molar-refractivity contribution in [2.24, 2.45) is 5.92 Å². The molecule has 0 unspecified atom stereocenters. The maximum Gasteiger partial charge on any atom is 0.132 e. The smallest absolute Gasteiger partial charge is 0.132 e. The van der Waals surface area contributed by atoms with E-state index in [1.165, 1.54) is 18.2 Å². The molecular formula is C16H20N2O. The van der Waals surface area contributed by atoms with Crippen molar-refractivity contribution in [3.8, 4) is 0 Å². The molecule has 19 heavy (non-hydrogen) atoms. The van der Waals surface area contributed by atoms with E-state index in [1.54, 1.807) is 0 Å². The first-order valence-electron chi connectivity index (χ1n) is 7.07. The van der Waals surface area contributed by atoms with E-state index < -0.39 is 0 Å². The van der Waals surface area contributed by atoms with E-state index in [0.717, 1.165) is 36.0 Å². The molecule has 1 saturated carbocycles. The van der Waals surface area contributed by atoms with Gasteiger partial charge in [0.1, 0.15) is 5.82 Å². The predicted molar refractivity (Wildman–Crippen MR) is 78.3 cm³/mol. The lowest BCUT2D eigenvalue weighted by Crippen LogP contribution is -2.06. The Morgan fingerprint density at radius 2 is 2.16 bits per heavy atom. The molecule has 3 heteroatoms. The summed E-state index contributed by atoms with van der Waals surface area (Å²) in [5.41, 5.74) is 2.19. The summed E-state index contributed by atoms with van der Waals surface area (Å²) >= 11 is 0.